The van der Waals surface area contributed by atoms with Crippen LogP contribution in [0.5, 0.6) is 0 Å². The van der Waals surface area contributed by atoms with Crippen LogP contribution in [0.2, 0.25) is 0 Å². The summed E-state index contributed by atoms with van der Waals surface area (Å²) in [6.07, 6.45) is 8.06. The normalized spacial score (nSPS) is 13.5. The van der Waals surface area contributed by atoms with Crippen molar-refractivity contribution in [1.82, 2.24) is 5.32 Å². The average molecular weight is 181 g/mol. The quantitative estimate of drug-likeness (QED) is 0.620. The van der Waals surface area contributed by atoms with Crippen molar-refractivity contribution in [3.63, 3.8) is 0 Å². The van der Waals surface area contributed by atoms with E-state index in [1.165, 1.54) is 11.1 Å². The Morgan fingerprint density at radius 2 is 2.00 bits per heavy atom. The molecule has 0 heterocycles. The Hall–Kier alpha value is -0.560. The van der Waals surface area contributed by atoms with Crippen molar-refractivity contribution < 1.29 is 0 Å². The maximum Gasteiger partial charge on any atom is -0.00115 e. The van der Waals surface area contributed by atoms with Gasteiger partial charge in [0.1, 0.15) is 0 Å². The molecular formula is C12H23N. The van der Waals surface area contributed by atoms with Crippen molar-refractivity contribution in [3.05, 3.63) is 23.3 Å². The van der Waals surface area contributed by atoms with Crippen LogP contribution in [0, 0.1) is 0 Å². The summed E-state index contributed by atoms with van der Waals surface area (Å²) in [5.74, 6) is 0. The molecule has 0 rings (SSSR count). The lowest BCUT2D eigenvalue weighted by molar-refractivity contribution is 0.790. The monoisotopic (exact) mass is 181 g/mol. The van der Waals surface area contributed by atoms with Gasteiger partial charge in [-0.05, 0) is 39.8 Å². The third-order valence-corrected chi connectivity index (χ3v) is 2.12. The van der Waals surface area contributed by atoms with E-state index in [0.717, 1.165) is 25.8 Å². The van der Waals surface area contributed by atoms with Gasteiger partial charge in [0.2, 0.25) is 0 Å². The Morgan fingerprint density at radius 3 is 2.46 bits per heavy atom. The molecule has 0 aliphatic rings. The lowest BCUT2D eigenvalue weighted by Gasteiger charge is -2.03. The standard InChI is InChI=1S/C12H23N/c1-5-7-12(8-9-13-4)10-11(3)6-2/h7,10,13H,5-6,8-9H2,1-4H3/b11-10-,12-7-. The van der Waals surface area contributed by atoms with Crippen LogP contribution in [0.1, 0.15) is 40.0 Å². The molecule has 0 aromatic heterocycles. The van der Waals surface area contributed by atoms with Crippen molar-refractivity contribution in [3.8, 4) is 0 Å². The van der Waals surface area contributed by atoms with Gasteiger partial charge in [-0.15, -0.1) is 0 Å². The van der Waals surface area contributed by atoms with Gasteiger partial charge < -0.3 is 5.32 Å². The van der Waals surface area contributed by atoms with E-state index in [-0.39, 0.29) is 0 Å². The SMILES string of the molecule is CC/C=C(\C=C(\C)CC)CCNC. The highest BCUT2D eigenvalue weighted by Gasteiger charge is 1.93. The number of hydrogen-bond donors (Lipinski definition) is 1. The van der Waals surface area contributed by atoms with Crippen molar-refractivity contribution in [2.45, 2.75) is 40.0 Å². The van der Waals surface area contributed by atoms with E-state index in [9.17, 15) is 0 Å². The van der Waals surface area contributed by atoms with Gasteiger partial charge in [-0.3, -0.25) is 0 Å². The third kappa shape index (κ3) is 6.59. The maximum absolute atomic E-state index is 3.18. The van der Waals surface area contributed by atoms with E-state index in [0.29, 0.717) is 0 Å². The fraction of sp³-hybridized carbons (Fsp3) is 0.667. The summed E-state index contributed by atoms with van der Waals surface area (Å²) in [4.78, 5) is 0. The molecule has 1 N–H and O–H groups in total. The van der Waals surface area contributed by atoms with E-state index in [1.807, 2.05) is 7.05 Å². The van der Waals surface area contributed by atoms with Crippen molar-refractivity contribution in [1.29, 1.82) is 0 Å². The smallest absolute Gasteiger partial charge is 0.00115 e. The van der Waals surface area contributed by atoms with Gasteiger partial charge in [0, 0.05) is 0 Å². The van der Waals surface area contributed by atoms with Crippen LogP contribution < -0.4 is 5.32 Å². The molecule has 0 aliphatic carbocycles. The predicted molar refractivity (Wildman–Crippen MR) is 61.0 cm³/mol. The minimum atomic E-state index is 1.07. The molecule has 0 saturated heterocycles. The van der Waals surface area contributed by atoms with Gasteiger partial charge in [-0.1, -0.05) is 37.1 Å². The Kier molecular flexibility index (Phi) is 7.71. The summed E-state index contributed by atoms with van der Waals surface area (Å²) >= 11 is 0. The first-order chi connectivity index (χ1) is 6.24. The molecule has 0 radical (unpaired) electrons. The van der Waals surface area contributed by atoms with Crippen molar-refractivity contribution in [2.24, 2.45) is 0 Å². The summed E-state index contributed by atoms with van der Waals surface area (Å²) in [5.41, 5.74) is 2.94. The van der Waals surface area contributed by atoms with Crippen LogP contribution in [0.25, 0.3) is 0 Å². The second-order valence-corrected chi connectivity index (χ2v) is 3.39. The molecule has 0 fully saturated rings. The van der Waals surface area contributed by atoms with Gasteiger partial charge in [-0.25, -0.2) is 0 Å². The fourth-order valence-electron chi connectivity index (χ4n) is 1.18. The summed E-state index contributed by atoms with van der Waals surface area (Å²) in [6, 6.07) is 0. The number of allylic oxidation sites excluding steroid dienone is 3. The zero-order valence-electron chi connectivity index (χ0n) is 9.48. The molecule has 13 heavy (non-hydrogen) atoms. The lowest BCUT2D eigenvalue weighted by Crippen LogP contribution is -2.07. The summed E-state index contributed by atoms with van der Waals surface area (Å²) in [6.45, 7) is 7.66. The van der Waals surface area contributed by atoms with Gasteiger partial charge >= 0.3 is 0 Å². The number of nitrogens with one attached hydrogen (secondary N) is 1. The molecule has 0 unspecified atom stereocenters. The zero-order valence-corrected chi connectivity index (χ0v) is 9.48. The summed E-state index contributed by atoms with van der Waals surface area (Å²) in [5, 5.41) is 3.18. The van der Waals surface area contributed by atoms with Crippen LogP contribution in [0.3, 0.4) is 0 Å². The maximum atomic E-state index is 3.18. The largest absolute Gasteiger partial charge is 0.319 e. The van der Waals surface area contributed by atoms with Gasteiger partial charge in [0.25, 0.3) is 0 Å². The molecule has 1 heteroatoms. The molecule has 0 aromatic rings. The molecule has 0 bridgehead atoms. The van der Waals surface area contributed by atoms with Crippen LogP contribution in [-0.4, -0.2) is 13.6 Å². The minimum Gasteiger partial charge on any atom is -0.319 e. The Balaban J connectivity index is 4.17. The number of rotatable bonds is 6. The van der Waals surface area contributed by atoms with E-state index in [2.05, 4.69) is 38.2 Å². The first kappa shape index (κ1) is 12.4. The first-order valence-electron chi connectivity index (χ1n) is 5.25. The summed E-state index contributed by atoms with van der Waals surface area (Å²) < 4.78 is 0. The molecule has 0 aromatic carbocycles. The van der Waals surface area contributed by atoms with E-state index in [4.69, 9.17) is 0 Å². The Bertz CT molecular complexity index is 178. The minimum absolute atomic E-state index is 1.07. The van der Waals surface area contributed by atoms with Gasteiger partial charge in [0.15, 0.2) is 0 Å². The van der Waals surface area contributed by atoms with E-state index in [1.54, 1.807) is 0 Å². The predicted octanol–water partition coefficient (Wildman–Crippen LogP) is 3.29. The van der Waals surface area contributed by atoms with Crippen molar-refractivity contribution >= 4 is 0 Å². The highest BCUT2D eigenvalue weighted by Crippen LogP contribution is 2.09. The van der Waals surface area contributed by atoms with Gasteiger partial charge in [-0.2, -0.15) is 0 Å². The molecule has 76 valence electrons. The lowest BCUT2D eigenvalue weighted by atomic mass is 10.1. The third-order valence-electron chi connectivity index (χ3n) is 2.12. The molecule has 0 saturated carbocycles. The second-order valence-electron chi connectivity index (χ2n) is 3.39. The first-order valence-corrected chi connectivity index (χ1v) is 5.25. The zero-order chi connectivity index (χ0) is 10.1. The van der Waals surface area contributed by atoms with Crippen LogP contribution >= 0.6 is 0 Å². The average Bonchev–Trinajstić information content (AvgIpc) is 2.14. The van der Waals surface area contributed by atoms with Crippen molar-refractivity contribution in [2.75, 3.05) is 13.6 Å². The molecule has 0 amide bonds. The fourth-order valence-corrected chi connectivity index (χ4v) is 1.18. The van der Waals surface area contributed by atoms with E-state index < -0.39 is 0 Å². The molecule has 1 nitrogen and oxygen atoms in total. The van der Waals surface area contributed by atoms with E-state index >= 15 is 0 Å². The van der Waals surface area contributed by atoms with Crippen LogP contribution in [0.15, 0.2) is 23.3 Å². The Morgan fingerprint density at radius 1 is 1.31 bits per heavy atom. The highest BCUT2D eigenvalue weighted by molar-refractivity contribution is 5.22. The molecule has 0 aliphatic heterocycles. The topological polar surface area (TPSA) is 12.0 Å². The van der Waals surface area contributed by atoms with Gasteiger partial charge in [0.05, 0.1) is 0 Å². The summed E-state index contributed by atoms with van der Waals surface area (Å²) in [7, 11) is 2.00. The van der Waals surface area contributed by atoms with Crippen LogP contribution in [0.4, 0.5) is 0 Å². The Labute approximate surface area is 82.9 Å². The molecule has 0 atom stereocenters. The highest BCUT2D eigenvalue weighted by atomic mass is 14.8. The molecular weight excluding hydrogens is 158 g/mol. The molecule has 0 spiro atoms. The second kappa shape index (κ2) is 8.06. The van der Waals surface area contributed by atoms with Crippen LogP contribution in [-0.2, 0) is 0 Å². The number of hydrogen-bond acceptors (Lipinski definition) is 1.